The predicted octanol–water partition coefficient (Wildman–Crippen LogP) is 11.7. The Hall–Kier alpha value is -5.17. The van der Waals surface area contributed by atoms with Gasteiger partial charge in [-0.15, -0.1) is 0 Å². The van der Waals surface area contributed by atoms with Gasteiger partial charge in [-0.05, 0) is 90.0 Å². The molecule has 0 unspecified atom stereocenters. The summed E-state index contributed by atoms with van der Waals surface area (Å²) in [7, 11) is 0. The summed E-state index contributed by atoms with van der Waals surface area (Å²) in [6.07, 6.45) is 0. The molecule has 2 aliphatic carbocycles. The first-order valence-electron chi connectivity index (χ1n) is 15.1. The van der Waals surface area contributed by atoms with E-state index in [4.69, 9.17) is 11.6 Å². The second-order valence-corrected chi connectivity index (χ2v) is 12.2. The molecule has 0 N–H and O–H groups in total. The van der Waals surface area contributed by atoms with Gasteiger partial charge in [0.2, 0.25) is 0 Å². The van der Waals surface area contributed by atoms with Gasteiger partial charge in [0.05, 0.1) is 5.41 Å². The van der Waals surface area contributed by atoms with Gasteiger partial charge in [-0.3, -0.25) is 0 Å². The molecular formula is C43H27Cl. The van der Waals surface area contributed by atoms with E-state index < -0.39 is 0 Å². The molecule has 206 valence electrons. The second-order valence-electron chi connectivity index (χ2n) is 11.7. The standard InChI is InChI=1S/C43H27Cl/c44-29-14-11-13-28(27-29)30-15-1-2-16-31(30)32-17-3-4-18-33(32)36-22-12-26-41-42(36)37-21-7-10-25-40(37)43(41)38-23-8-5-19-34(38)35-20-6-9-24-39(35)43/h1-27H. The van der Waals surface area contributed by atoms with E-state index >= 15 is 0 Å². The first-order valence-corrected chi connectivity index (χ1v) is 15.5. The van der Waals surface area contributed by atoms with Crippen molar-refractivity contribution in [3.63, 3.8) is 0 Å². The minimum atomic E-state index is -0.358. The number of hydrogen-bond donors (Lipinski definition) is 0. The maximum Gasteiger partial charge on any atom is 0.0725 e. The molecule has 1 spiro atoms. The van der Waals surface area contributed by atoms with E-state index in [1.54, 1.807) is 0 Å². The van der Waals surface area contributed by atoms with E-state index in [0.29, 0.717) is 0 Å². The summed E-state index contributed by atoms with van der Waals surface area (Å²) in [4.78, 5) is 0. The van der Waals surface area contributed by atoms with E-state index in [0.717, 1.165) is 10.6 Å². The maximum atomic E-state index is 6.46. The van der Waals surface area contributed by atoms with Crippen LogP contribution in [0.2, 0.25) is 5.02 Å². The van der Waals surface area contributed by atoms with E-state index in [1.807, 2.05) is 12.1 Å². The molecule has 2 aliphatic rings. The maximum absolute atomic E-state index is 6.46. The molecule has 7 aromatic rings. The van der Waals surface area contributed by atoms with Crippen molar-refractivity contribution in [1.82, 2.24) is 0 Å². The van der Waals surface area contributed by atoms with Crippen LogP contribution in [0.25, 0.3) is 55.6 Å². The molecule has 0 nitrogen and oxygen atoms in total. The molecule has 0 aromatic heterocycles. The van der Waals surface area contributed by atoms with Gasteiger partial charge < -0.3 is 0 Å². The van der Waals surface area contributed by atoms with Gasteiger partial charge >= 0.3 is 0 Å². The molecular weight excluding hydrogens is 552 g/mol. The third kappa shape index (κ3) is 3.41. The topological polar surface area (TPSA) is 0 Å². The van der Waals surface area contributed by atoms with E-state index in [-0.39, 0.29) is 5.41 Å². The molecule has 0 heterocycles. The first-order chi connectivity index (χ1) is 21.8. The largest absolute Gasteiger partial charge is 0.0843 e. The van der Waals surface area contributed by atoms with Gasteiger partial charge in [0.15, 0.2) is 0 Å². The van der Waals surface area contributed by atoms with Crippen molar-refractivity contribution >= 4 is 11.6 Å². The smallest absolute Gasteiger partial charge is 0.0725 e. The van der Waals surface area contributed by atoms with Gasteiger partial charge in [0.1, 0.15) is 0 Å². The van der Waals surface area contributed by atoms with Crippen molar-refractivity contribution < 1.29 is 0 Å². The van der Waals surface area contributed by atoms with E-state index in [9.17, 15) is 0 Å². The van der Waals surface area contributed by atoms with Crippen LogP contribution in [0.5, 0.6) is 0 Å². The summed E-state index contributed by atoms with van der Waals surface area (Å²) >= 11 is 6.46. The van der Waals surface area contributed by atoms with Crippen LogP contribution in [0.4, 0.5) is 0 Å². The Kier molecular flexibility index (Phi) is 5.57. The molecule has 0 saturated heterocycles. The van der Waals surface area contributed by atoms with E-state index in [2.05, 4.69) is 152 Å². The summed E-state index contributed by atoms with van der Waals surface area (Å²) < 4.78 is 0. The molecule has 7 aromatic carbocycles. The number of halogens is 1. The Morgan fingerprint density at radius 1 is 0.318 bits per heavy atom. The summed E-state index contributed by atoms with van der Waals surface area (Å²) in [5.41, 5.74) is 17.5. The zero-order valence-electron chi connectivity index (χ0n) is 24.0. The van der Waals surface area contributed by atoms with E-state index in [1.165, 1.54) is 72.3 Å². The van der Waals surface area contributed by atoms with Crippen LogP contribution in [0.3, 0.4) is 0 Å². The van der Waals surface area contributed by atoms with Crippen LogP contribution in [-0.2, 0) is 5.41 Å². The summed E-state index contributed by atoms with van der Waals surface area (Å²) in [6, 6.07) is 59.6. The molecule has 0 fully saturated rings. The Labute approximate surface area is 262 Å². The summed E-state index contributed by atoms with van der Waals surface area (Å²) in [5, 5.41) is 0.741. The third-order valence-electron chi connectivity index (χ3n) is 9.59. The van der Waals surface area contributed by atoms with Crippen LogP contribution in [0, 0.1) is 0 Å². The van der Waals surface area contributed by atoms with Gasteiger partial charge in [-0.1, -0.05) is 163 Å². The third-order valence-corrected chi connectivity index (χ3v) is 9.83. The average molecular weight is 579 g/mol. The SMILES string of the molecule is Clc1cccc(-c2ccccc2-c2ccccc2-c2cccc3c2-c2ccccc2C32c3ccccc3-c3ccccc32)c1. The van der Waals surface area contributed by atoms with Gasteiger partial charge in [-0.2, -0.15) is 0 Å². The average Bonchev–Trinajstić information content (AvgIpc) is 3.56. The summed E-state index contributed by atoms with van der Waals surface area (Å²) in [6.45, 7) is 0. The second kappa shape index (κ2) is 9.67. The Morgan fingerprint density at radius 3 is 1.34 bits per heavy atom. The highest BCUT2D eigenvalue weighted by molar-refractivity contribution is 6.30. The quantitative estimate of drug-likeness (QED) is 0.195. The van der Waals surface area contributed by atoms with Gasteiger partial charge in [-0.25, -0.2) is 0 Å². The molecule has 9 rings (SSSR count). The van der Waals surface area contributed by atoms with Crippen molar-refractivity contribution in [2.45, 2.75) is 5.41 Å². The van der Waals surface area contributed by atoms with Crippen LogP contribution in [-0.4, -0.2) is 0 Å². The van der Waals surface area contributed by atoms with Crippen molar-refractivity contribution in [2.24, 2.45) is 0 Å². The molecule has 0 amide bonds. The Balaban J connectivity index is 1.35. The fraction of sp³-hybridized carbons (Fsp3) is 0.0233. The molecule has 0 radical (unpaired) electrons. The Morgan fingerprint density at radius 2 is 0.727 bits per heavy atom. The Bertz CT molecular complexity index is 2210. The minimum absolute atomic E-state index is 0.358. The number of fused-ring (bicyclic) bond motifs is 10. The van der Waals surface area contributed by atoms with Crippen molar-refractivity contribution in [3.8, 4) is 55.6 Å². The fourth-order valence-corrected chi connectivity index (χ4v) is 8.14. The molecule has 0 atom stereocenters. The van der Waals surface area contributed by atoms with Crippen molar-refractivity contribution in [3.05, 3.63) is 191 Å². The monoisotopic (exact) mass is 578 g/mol. The predicted molar refractivity (Wildman–Crippen MR) is 184 cm³/mol. The molecule has 44 heavy (non-hydrogen) atoms. The molecule has 0 saturated carbocycles. The lowest BCUT2D eigenvalue weighted by Crippen LogP contribution is -2.25. The van der Waals surface area contributed by atoms with Crippen LogP contribution < -0.4 is 0 Å². The molecule has 0 bridgehead atoms. The first kappa shape index (κ1) is 25.3. The fourth-order valence-electron chi connectivity index (χ4n) is 7.95. The summed E-state index contributed by atoms with van der Waals surface area (Å²) in [5.74, 6) is 0. The van der Waals surface area contributed by atoms with Gasteiger partial charge in [0, 0.05) is 5.02 Å². The van der Waals surface area contributed by atoms with Crippen molar-refractivity contribution in [2.75, 3.05) is 0 Å². The number of rotatable bonds is 3. The molecule has 1 heteroatoms. The molecule has 0 aliphatic heterocycles. The van der Waals surface area contributed by atoms with Crippen LogP contribution in [0.15, 0.2) is 164 Å². The zero-order chi connectivity index (χ0) is 29.3. The number of hydrogen-bond acceptors (Lipinski definition) is 0. The highest BCUT2D eigenvalue weighted by Crippen LogP contribution is 2.64. The van der Waals surface area contributed by atoms with Crippen molar-refractivity contribution in [1.29, 1.82) is 0 Å². The zero-order valence-corrected chi connectivity index (χ0v) is 24.7. The normalized spacial score (nSPS) is 13.3. The lowest BCUT2D eigenvalue weighted by molar-refractivity contribution is 0.794. The highest BCUT2D eigenvalue weighted by atomic mass is 35.5. The van der Waals surface area contributed by atoms with Crippen LogP contribution in [0.1, 0.15) is 22.3 Å². The number of benzene rings is 7. The minimum Gasteiger partial charge on any atom is -0.0843 e. The van der Waals surface area contributed by atoms with Crippen LogP contribution >= 0.6 is 11.6 Å². The lowest BCUT2D eigenvalue weighted by atomic mass is 9.70. The lowest BCUT2D eigenvalue weighted by Gasteiger charge is -2.30. The highest BCUT2D eigenvalue weighted by Gasteiger charge is 2.51. The van der Waals surface area contributed by atoms with Gasteiger partial charge in [0.25, 0.3) is 0 Å².